The molecule has 0 aliphatic rings. The van der Waals surface area contributed by atoms with E-state index in [0.717, 1.165) is 12.8 Å². The molecule has 248 valence electrons. The summed E-state index contributed by atoms with van der Waals surface area (Å²) in [5, 5.41) is 21.3. The second-order valence-electron chi connectivity index (χ2n) is 13.2. The minimum atomic E-state index is 0.370. The van der Waals surface area contributed by atoms with Crippen molar-refractivity contribution in [1.82, 2.24) is 5.32 Å². The van der Waals surface area contributed by atoms with E-state index in [1.54, 1.807) is 0 Å². The van der Waals surface area contributed by atoms with Crippen LogP contribution in [-0.4, -0.2) is 36.5 Å². The van der Waals surface area contributed by atoms with E-state index in [9.17, 15) is 0 Å². The molecule has 3 heteroatoms. The van der Waals surface area contributed by atoms with Gasteiger partial charge in [-0.3, -0.25) is 0 Å². The van der Waals surface area contributed by atoms with E-state index < -0.39 is 0 Å². The van der Waals surface area contributed by atoms with Crippen LogP contribution in [0.5, 0.6) is 0 Å². The van der Waals surface area contributed by atoms with Crippen LogP contribution in [0, 0.1) is 0 Å². The number of unbranched alkanes of at least 4 members (excludes halogenated alkanes) is 32. The highest BCUT2D eigenvalue weighted by Crippen LogP contribution is 2.15. The number of aliphatic hydroxyl groups is 2. The van der Waals surface area contributed by atoms with Crippen LogP contribution >= 0.6 is 0 Å². The van der Waals surface area contributed by atoms with Gasteiger partial charge >= 0.3 is 0 Å². The van der Waals surface area contributed by atoms with Crippen LogP contribution in [0.15, 0.2) is 0 Å². The van der Waals surface area contributed by atoms with Gasteiger partial charge in [-0.05, 0) is 38.8 Å². The zero-order chi connectivity index (χ0) is 29.6. The van der Waals surface area contributed by atoms with Crippen LogP contribution in [0.2, 0.25) is 0 Å². The Morgan fingerprint density at radius 1 is 0.195 bits per heavy atom. The summed E-state index contributed by atoms with van der Waals surface area (Å²) < 4.78 is 0. The third kappa shape index (κ3) is 39.9. The molecule has 0 aliphatic heterocycles. The summed E-state index contributed by atoms with van der Waals surface area (Å²) in [5.41, 5.74) is 0. The molecule has 0 spiro atoms. The summed E-state index contributed by atoms with van der Waals surface area (Å²) in [6.07, 6.45) is 47.0. The van der Waals surface area contributed by atoms with E-state index in [1.807, 2.05) is 0 Å². The van der Waals surface area contributed by atoms with Crippen LogP contribution in [0.4, 0.5) is 0 Å². The van der Waals surface area contributed by atoms with Crippen molar-refractivity contribution in [2.75, 3.05) is 26.3 Å². The van der Waals surface area contributed by atoms with Gasteiger partial charge in [-0.15, -0.1) is 0 Å². The van der Waals surface area contributed by atoms with Crippen molar-refractivity contribution < 1.29 is 10.2 Å². The van der Waals surface area contributed by atoms with Crippen LogP contribution in [0.3, 0.4) is 0 Å². The van der Waals surface area contributed by atoms with Crippen molar-refractivity contribution in [3.8, 4) is 0 Å². The van der Waals surface area contributed by atoms with E-state index in [-0.39, 0.29) is 0 Å². The summed E-state index contributed by atoms with van der Waals surface area (Å²) in [7, 11) is 0. The van der Waals surface area contributed by atoms with Crippen molar-refractivity contribution in [3.05, 3.63) is 0 Å². The summed E-state index contributed by atoms with van der Waals surface area (Å²) in [6.45, 7) is 3.20. The van der Waals surface area contributed by atoms with Gasteiger partial charge in [0.2, 0.25) is 0 Å². The molecule has 0 saturated carbocycles. The Morgan fingerprint density at radius 2 is 0.341 bits per heavy atom. The van der Waals surface area contributed by atoms with E-state index in [1.165, 1.54) is 219 Å². The van der Waals surface area contributed by atoms with Crippen molar-refractivity contribution in [1.29, 1.82) is 0 Å². The molecule has 0 heterocycles. The van der Waals surface area contributed by atoms with Gasteiger partial charge < -0.3 is 15.5 Å². The van der Waals surface area contributed by atoms with Crippen LogP contribution < -0.4 is 5.32 Å². The first-order valence-corrected chi connectivity index (χ1v) is 19.3. The average molecular weight is 582 g/mol. The first kappa shape index (κ1) is 40.9. The summed E-state index contributed by atoms with van der Waals surface area (Å²) in [5.74, 6) is 0. The maximum atomic E-state index is 8.79. The Bertz CT molecular complexity index is 392. The first-order valence-electron chi connectivity index (χ1n) is 19.3. The van der Waals surface area contributed by atoms with E-state index in [2.05, 4.69) is 5.32 Å². The molecule has 0 saturated heterocycles. The Labute approximate surface area is 259 Å². The van der Waals surface area contributed by atoms with Crippen LogP contribution in [0.25, 0.3) is 0 Å². The molecule has 0 fully saturated rings. The zero-order valence-electron chi connectivity index (χ0n) is 28.3. The molecule has 0 radical (unpaired) electrons. The number of hydrogen-bond donors (Lipinski definition) is 3. The Morgan fingerprint density at radius 3 is 0.512 bits per heavy atom. The van der Waals surface area contributed by atoms with Crippen molar-refractivity contribution in [3.63, 3.8) is 0 Å². The molecule has 0 aromatic carbocycles. The zero-order valence-corrected chi connectivity index (χ0v) is 28.3. The molecular weight excluding hydrogens is 502 g/mol. The van der Waals surface area contributed by atoms with Crippen LogP contribution in [-0.2, 0) is 0 Å². The van der Waals surface area contributed by atoms with Gasteiger partial charge in [-0.1, -0.05) is 193 Å². The predicted octanol–water partition coefficient (Wildman–Crippen LogP) is 11.8. The largest absolute Gasteiger partial charge is 0.396 e. The average Bonchev–Trinajstić information content (AvgIpc) is 2.98. The molecule has 3 N–H and O–H groups in total. The third-order valence-corrected chi connectivity index (χ3v) is 9.02. The predicted molar refractivity (Wildman–Crippen MR) is 184 cm³/mol. The fourth-order valence-corrected chi connectivity index (χ4v) is 6.15. The van der Waals surface area contributed by atoms with Gasteiger partial charge in [0.1, 0.15) is 0 Å². The fourth-order valence-electron chi connectivity index (χ4n) is 6.15. The molecule has 0 aromatic heterocycles. The first-order chi connectivity index (χ1) is 20.4. The SMILES string of the molecule is OCCCCCCCCCCCCCCCCCCCNCCCCCCCCCCCCCCCCCCCO. The number of nitrogens with one attached hydrogen (secondary N) is 1. The minimum Gasteiger partial charge on any atom is -0.396 e. The smallest absolute Gasteiger partial charge is 0.0431 e. The highest BCUT2D eigenvalue weighted by atomic mass is 16.3. The molecule has 0 aromatic rings. The maximum Gasteiger partial charge on any atom is 0.0431 e. The molecule has 0 bridgehead atoms. The van der Waals surface area contributed by atoms with Crippen molar-refractivity contribution in [2.24, 2.45) is 0 Å². The van der Waals surface area contributed by atoms with E-state index in [4.69, 9.17) is 10.2 Å². The number of hydrogen-bond acceptors (Lipinski definition) is 3. The topological polar surface area (TPSA) is 52.5 Å². The van der Waals surface area contributed by atoms with Gasteiger partial charge in [0.15, 0.2) is 0 Å². The quantitative estimate of drug-likeness (QED) is 0.0635. The molecule has 41 heavy (non-hydrogen) atoms. The summed E-state index contributed by atoms with van der Waals surface area (Å²) in [6, 6.07) is 0. The third-order valence-electron chi connectivity index (χ3n) is 9.02. The van der Waals surface area contributed by atoms with Gasteiger partial charge in [-0.2, -0.15) is 0 Å². The highest BCUT2D eigenvalue weighted by Gasteiger charge is 1.97. The standard InChI is InChI=1S/C38H79NO2/c40-37-33-29-25-21-17-13-9-5-1-3-7-11-15-19-23-27-31-35-39-36-32-28-24-20-16-12-8-4-2-6-10-14-18-22-26-30-34-38-41/h39-41H,1-38H2. The van der Waals surface area contributed by atoms with Crippen molar-refractivity contribution in [2.45, 2.75) is 218 Å². The van der Waals surface area contributed by atoms with Crippen molar-refractivity contribution >= 4 is 0 Å². The lowest BCUT2D eigenvalue weighted by atomic mass is 10.0. The van der Waals surface area contributed by atoms with E-state index >= 15 is 0 Å². The lowest BCUT2D eigenvalue weighted by Gasteiger charge is -2.06. The van der Waals surface area contributed by atoms with Gasteiger partial charge in [0.25, 0.3) is 0 Å². The van der Waals surface area contributed by atoms with E-state index in [0.29, 0.717) is 13.2 Å². The monoisotopic (exact) mass is 582 g/mol. The van der Waals surface area contributed by atoms with Gasteiger partial charge in [-0.25, -0.2) is 0 Å². The summed E-state index contributed by atoms with van der Waals surface area (Å²) >= 11 is 0. The molecule has 0 atom stereocenters. The van der Waals surface area contributed by atoms with Gasteiger partial charge in [0, 0.05) is 13.2 Å². The van der Waals surface area contributed by atoms with Crippen LogP contribution in [0.1, 0.15) is 218 Å². The lowest BCUT2D eigenvalue weighted by molar-refractivity contribution is 0.282. The molecule has 0 amide bonds. The Hall–Kier alpha value is -0.120. The molecule has 0 aliphatic carbocycles. The van der Waals surface area contributed by atoms with Gasteiger partial charge in [0.05, 0.1) is 0 Å². The Balaban J connectivity index is 3.02. The normalized spacial score (nSPS) is 11.6. The molecule has 0 rings (SSSR count). The second kappa shape index (κ2) is 39.9. The fraction of sp³-hybridized carbons (Fsp3) is 1.00. The number of rotatable bonds is 38. The lowest BCUT2D eigenvalue weighted by Crippen LogP contribution is -2.16. The molecule has 0 unspecified atom stereocenters. The minimum absolute atomic E-state index is 0.370. The Kier molecular flexibility index (Phi) is 39.8. The number of aliphatic hydroxyl groups excluding tert-OH is 2. The highest BCUT2D eigenvalue weighted by molar-refractivity contribution is 4.54. The molecule has 3 nitrogen and oxygen atoms in total. The maximum absolute atomic E-state index is 8.79. The summed E-state index contributed by atoms with van der Waals surface area (Å²) in [4.78, 5) is 0. The molecular formula is C38H79NO2. The second-order valence-corrected chi connectivity index (χ2v) is 13.2.